The highest BCUT2D eigenvalue weighted by atomic mass is 16.4. The van der Waals surface area contributed by atoms with E-state index in [1.165, 1.54) is 4.90 Å². The average molecular weight is 750 g/mol. The molecule has 15 nitrogen and oxygen atoms in total. The molecule has 4 atom stereocenters. The van der Waals surface area contributed by atoms with E-state index in [1.54, 1.807) is 37.3 Å². The summed E-state index contributed by atoms with van der Waals surface area (Å²) in [5, 5.41) is 23.4. The summed E-state index contributed by atoms with van der Waals surface area (Å²) in [4.78, 5) is 92.8. The highest BCUT2D eigenvalue weighted by Gasteiger charge is 2.42. The maximum Gasteiger partial charge on any atom is 0.323 e. The monoisotopic (exact) mass is 749 g/mol. The Bertz CT molecular complexity index is 1660. The number of aliphatic carboxylic acids is 1. The maximum absolute atomic E-state index is 14.1. The summed E-state index contributed by atoms with van der Waals surface area (Å²) in [6, 6.07) is 10.1. The van der Waals surface area contributed by atoms with Crippen LogP contribution in [0.2, 0.25) is 0 Å². The van der Waals surface area contributed by atoms with Gasteiger partial charge in [-0.15, -0.1) is 0 Å². The van der Waals surface area contributed by atoms with Crippen LogP contribution in [0.3, 0.4) is 0 Å². The number of primary amides is 1. The van der Waals surface area contributed by atoms with Crippen LogP contribution in [0.25, 0.3) is 0 Å². The van der Waals surface area contributed by atoms with E-state index in [0.717, 1.165) is 5.56 Å². The topological polar surface area (TPSA) is 229 Å². The van der Waals surface area contributed by atoms with Gasteiger partial charge in [0.15, 0.2) is 0 Å². The van der Waals surface area contributed by atoms with Crippen molar-refractivity contribution in [3.63, 3.8) is 0 Å². The van der Waals surface area contributed by atoms with E-state index in [0.29, 0.717) is 49.0 Å². The number of amides is 7. The number of nitrogens with one attached hydrogen (secondary N) is 5. The van der Waals surface area contributed by atoms with Crippen molar-refractivity contribution in [3.8, 4) is 0 Å². The van der Waals surface area contributed by atoms with E-state index >= 15 is 0 Å². The third-order valence-corrected chi connectivity index (χ3v) is 9.78. The van der Waals surface area contributed by atoms with Crippen LogP contribution in [0.4, 0.5) is 16.2 Å². The summed E-state index contributed by atoms with van der Waals surface area (Å²) in [5.74, 6) is -4.98. The maximum atomic E-state index is 14.1. The minimum atomic E-state index is -1.58. The molecule has 1 saturated heterocycles. The van der Waals surface area contributed by atoms with Crippen LogP contribution in [0, 0.1) is 12.8 Å². The second-order valence-electron chi connectivity index (χ2n) is 14.0. The van der Waals surface area contributed by atoms with E-state index < -0.39 is 77.5 Å². The van der Waals surface area contributed by atoms with E-state index in [2.05, 4.69) is 26.6 Å². The van der Waals surface area contributed by atoms with Crippen LogP contribution < -0.4 is 32.3 Å². The van der Waals surface area contributed by atoms with Crippen molar-refractivity contribution >= 4 is 52.9 Å². The zero-order valence-corrected chi connectivity index (χ0v) is 31.8. The Labute approximate surface area is 316 Å². The molecule has 0 radical (unpaired) electrons. The van der Waals surface area contributed by atoms with Gasteiger partial charge in [0.2, 0.25) is 29.5 Å². The standard InChI is InChI=1S/C39H55N7O8/c1-6-19-39(20-7-2,45-31(47)22-26-15-17-27(18-16-26)41-38(54)43-28-13-10-9-12-25(28)5)37(53)42-29(23-32(48)49)35(51)44-33(24(4)8-3)36(52)46-21-11-14-30(46)34(40)50/h9-10,12-13,15-18,24,29-30,33H,6-8,11,14,19-23H2,1-5H3,(H2,40,50)(H,42,53)(H,44,51)(H,45,47)(H,48,49)(H2,41,43,54)/t24?,29-,30-,33-/m0/s1. The molecule has 1 aliphatic heterocycles. The minimum Gasteiger partial charge on any atom is -0.481 e. The molecule has 2 aromatic rings. The van der Waals surface area contributed by atoms with Gasteiger partial charge in [-0.1, -0.05) is 77.3 Å². The summed E-state index contributed by atoms with van der Waals surface area (Å²) in [6.45, 7) is 9.42. The number of hydrogen-bond donors (Lipinski definition) is 7. The molecule has 0 spiro atoms. The predicted octanol–water partition coefficient (Wildman–Crippen LogP) is 3.60. The Balaban J connectivity index is 1.75. The third kappa shape index (κ3) is 11.8. The van der Waals surface area contributed by atoms with Gasteiger partial charge in [0.1, 0.15) is 23.7 Å². The van der Waals surface area contributed by atoms with E-state index in [9.17, 15) is 38.7 Å². The molecule has 15 heteroatoms. The molecular formula is C39H55N7O8. The lowest BCUT2D eigenvalue weighted by Crippen LogP contribution is -2.63. The molecule has 2 aromatic carbocycles. The first-order valence-corrected chi connectivity index (χ1v) is 18.6. The number of nitrogens with zero attached hydrogens (tertiary/aromatic N) is 1. The Morgan fingerprint density at radius 3 is 2.15 bits per heavy atom. The largest absolute Gasteiger partial charge is 0.481 e. The van der Waals surface area contributed by atoms with Crippen LogP contribution in [0.15, 0.2) is 48.5 Å². The number of likely N-dealkylation sites (tertiary alicyclic amines) is 1. The molecule has 1 aliphatic rings. The van der Waals surface area contributed by atoms with Gasteiger partial charge < -0.3 is 42.3 Å². The quantitative estimate of drug-likeness (QED) is 0.112. The van der Waals surface area contributed by atoms with Gasteiger partial charge in [-0.05, 0) is 67.9 Å². The molecule has 1 unspecified atom stereocenters. The van der Waals surface area contributed by atoms with Crippen molar-refractivity contribution < 1.29 is 38.7 Å². The minimum absolute atomic E-state index is 0.0985. The van der Waals surface area contributed by atoms with Gasteiger partial charge in [0.25, 0.3) is 0 Å². The molecule has 7 amide bonds. The van der Waals surface area contributed by atoms with E-state index in [1.807, 2.05) is 45.9 Å². The summed E-state index contributed by atoms with van der Waals surface area (Å²) in [7, 11) is 0. The van der Waals surface area contributed by atoms with Crippen molar-refractivity contribution in [3.05, 3.63) is 59.7 Å². The Hall–Kier alpha value is -5.47. The fourth-order valence-electron chi connectivity index (χ4n) is 6.71. The summed E-state index contributed by atoms with van der Waals surface area (Å²) >= 11 is 0. The lowest BCUT2D eigenvalue weighted by atomic mass is 9.86. The predicted molar refractivity (Wildman–Crippen MR) is 204 cm³/mol. The average Bonchev–Trinajstić information content (AvgIpc) is 3.62. The number of carboxylic acids is 1. The van der Waals surface area contributed by atoms with E-state index in [-0.39, 0.29) is 25.8 Å². The highest BCUT2D eigenvalue weighted by Crippen LogP contribution is 2.24. The molecule has 3 rings (SSSR count). The molecule has 1 heterocycles. The van der Waals surface area contributed by atoms with Crippen LogP contribution in [-0.2, 0) is 35.2 Å². The van der Waals surface area contributed by atoms with Crippen molar-refractivity contribution in [2.45, 2.75) is 116 Å². The fraction of sp³-hybridized carbons (Fsp3) is 0.513. The summed E-state index contributed by atoms with van der Waals surface area (Å²) < 4.78 is 0. The molecule has 54 heavy (non-hydrogen) atoms. The zero-order valence-electron chi connectivity index (χ0n) is 31.8. The van der Waals surface area contributed by atoms with Crippen molar-refractivity contribution in [2.75, 3.05) is 17.2 Å². The van der Waals surface area contributed by atoms with Crippen molar-refractivity contribution in [1.29, 1.82) is 0 Å². The number of carboxylic acid groups (broad SMARTS) is 1. The lowest BCUT2D eigenvalue weighted by molar-refractivity contribution is -0.144. The number of hydrogen-bond acceptors (Lipinski definition) is 7. The van der Waals surface area contributed by atoms with Gasteiger partial charge in [-0.3, -0.25) is 28.8 Å². The number of rotatable bonds is 19. The number of anilines is 2. The molecule has 0 bridgehead atoms. The van der Waals surface area contributed by atoms with Crippen LogP contribution in [-0.4, -0.2) is 81.8 Å². The van der Waals surface area contributed by atoms with Crippen LogP contribution >= 0.6 is 0 Å². The SMILES string of the molecule is CCCC(CCC)(NC(=O)Cc1ccc(NC(=O)Nc2ccccc2C)cc1)C(=O)N[C@@H](CC(=O)O)C(=O)N[C@H](C(=O)N1CCC[C@H]1C(N)=O)C(C)CC. The van der Waals surface area contributed by atoms with Gasteiger partial charge in [0.05, 0.1) is 12.8 Å². The first-order chi connectivity index (χ1) is 25.6. The van der Waals surface area contributed by atoms with Crippen molar-refractivity contribution in [2.24, 2.45) is 11.7 Å². The second-order valence-corrected chi connectivity index (χ2v) is 14.0. The van der Waals surface area contributed by atoms with Gasteiger partial charge >= 0.3 is 12.0 Å². The number of benzene rings is 2. The Kier molecular flexibility index (Phi) is 16.0. The first-order valence-electron chi connectivity index (χ1n) is 18.6. The van der Waals surface area contributed by atoms with Crippen molar-refractivity contribution in [1.82, 2.24) is 20.9 Å². The zero-order chi connectivity index (χ0) is 40.0. The third-order valence-electron chi connectivity index (χ3n) is 9.78. The second kappa shape index (κ2) is 20.1. The Morgan fingerprint density at radius 2 is 1.57 bits per heavy atom. The van der Waals surface area contributed by atoms with Crippen LogP contribution in [0.5, 0.6) is 0 Å². The number of urea groups is 1. The summed E-state index contributed by atoms with van der Waals surface area (Å²) in [6.07, 6.45) is 1.94. The Morgan fingerprint density at radius 1 is 0.926 bits per heavy atom. The number of carbonyl (C=O) groups excluding carboxylic acids is 6. The van der Waals surface area contributed by atoms with Gasteiger partial charge in [0, 0.05) is 17.9 Å². The smallest absolute Gasteiger partial charge is 0.323 e. The van der Waals surface area contributed by atoms with Gasteiger partial charge in [-0.25, -0.2) is 4.79 Å². The lowest BCUT2D eigenvalue weighted by Gasteiger charge is -2.35. The number of carbonyl (C=O) groups is 7. The van der Waals surface area contributed by atoms with Crippen LogP contribution in [0.1, 0.15) is 90.2 Å². The molecule has 294 valence electrons. The molecule has 0 aromatic heterocycles. The number of nitrogens with two attached hydrogens (primary N) is 1. The molecule has 0 aliphatic carbocycles. The molecule has 1 fully saturated rings. The number of aryl methyl sites for hydroxylation is 1. The normalized spacial score (nSPS) is 15.6. The number of para-hydroxylation sites is 1. The molecule has 8 N–H and O–H groups in total. The fourth-order valence-corrected chi connectivity index (χ4v) is 6.71. The highest BCUT2D eigenvalue weighted by molar-refractivity contribution is 6.00. The first kappa shape index (κ1) is 42.9. The molecule has 0 saturated carbocycles. The molecular weight excluding hydrogens is 694 g/mol. The van der Waals surface area contributed by atoms with Gasteiger partial charge in [-0.2, -0.15) is 0 Å². The summed E-state index contributed by atoms with van der Waals surface area (Å²) in [5.41, 5.74) is 6.76. The van der Waals surface area contributed by atoms with E-state index in [4.69, 9.17) is 5.73 Å².